The van der Waals surface area contributed by atoms with Crippen LogP contribution >= 0.6 is 0 Å². The Morgan fingerprint density at radius 3 is 2.94 bits per heavy atom. The first-order valence-corrected chi connectivity index (χ1v) is 5.76. The summed E-state index contributed by atoms with van der Waals surface area (Å²) in [6, 6.07) is 7.87. The average molecular weight is 215 g/mol. The summed E-state index contributed by atoms with van der Waals surface area (Å²) in [6.07, 6.45) is 1.89. The molecule has 0 bridgehead atoms. The van der Waals surface area contributed by atoms with Crippen molar-refractivity contribution in [1.29, 1.82) is 0 Å². The monoisotopic (exact) mass is 215 g/mol. The van der Waals surface area contributed by atoms with Crippen molar-refractivity contribution < 1.29 is 4.79 Å². The number of carbonyl (C=O) groups excluding carboxylic acids is 1. The normalized spacial score (nSPS) is 14.8. The molecule has 0 atom stereocenters. The Hall–Kier alpha value is -1.57. The molecule has 0 N–H and O–H groups in total. The molecule has 2 heteroatoms. The van der Waals surface area contributed by atoms with Crippen molar-refractivity contribution in [2.75, 3.05) is 13.1 Å². The summed E-state index contributed by atoms with van der Waals surface area (Å²) < 4.78 is 0. The van der Waals surface area contributed by atoms with Gasteiger partial charge in [0, 0.05) is 18.7 Å². The van der Waals surface area contributed by atoms with Gasteiger partial charge in [-0.1, -0.05) is 37.3 Å². The standard InChI is InChI=1S/C14H17NO/c1-3-11(2)10-15-9-8-12-6-4-5-7-13(12)14(15)16/h4-7H,2-3,8-10H2,1H3. The maximum atomic E-state index is 12.2. The summed E-state index contributed by atoms with van der Waals surface area (Å²) in [5.41, 5.74) is 3.15. The first-order chi connectivity index (χ1) is 7.72. The van der Waals surface area contributed by atoms with Crippen molar-refractivity contribution in [1.82, 2.24) is 4.90 Å². The van der Waals surface area contributed by atoms with E-state index in [2.05, 4.69) is 13.5 Å². The fourth-order valence-electron chi connectivity index (χ4n) is 2.01. The second kappa shape index (κ2) is 4.52. The van der Waals surface area contributed by atoms with Crippen molar-refractivity contribution in [2.24, 2.45) is 0 Å². The van der Waals surface area contributed by atoms with E-state index in [0.717, 1.165) is 30.5 Å². The molecular weight excluding hydrogens is 198 g/mol. The molecule has 0 saturated heterocycles. The molecule has 0 aliphatic carbocycles. The van der Waals surface area contributed by atoms with Gasteiger partial charge >= 0.3 is 0 Å². The van der Waals surface area contributed by atoms with E-state index < -0.39 is 0 Å². The highest BCUT2D eigenvalue weighted by atomic mass is 16.2. The van der Waals surface area contributed by atoms with Crippen LogP contribution in [0.25, 0.3) is 0 Å². The van der Waals surface area contributed by atoms with Gasteiger partial charge in [0.1, 0.15) is 0 Å². The number of benzene rings is 1. The highest BCUT2D eigenvalue weighted by Gasteiger charge is 2.23. The molecule has 2 nitrogen and oxygen atoms in total. The van der Waals surface area contributed by atoms with E-state index in [9.17, 15) is 4.79 Å². The van der Waals surface area contributed by atoms with Crippen LogP contribution in [0.1, 0.15) is 29.3 Å². The third kappa shape index (κ3) is 2.01. The predicted molar refractivity (Wildman–Crippen MR) is 65.5 cm³/mol. The van der Waals surface area contributed by atoms with Crippen LogP contribution in [-0.2, 0) is 6.42 Å². The summed E-state index contributed by atoms with van der Waals surface area (Å²) in [5.74, 6) is 0.149. The summed E-state index contributed by atoms with van der Waals surface area (Å²) in [6.45, 7) is 7.55. The minimum Gasteiger partial charge on any atom is -0.334 e. The summed E-state index contributed by atoms with van der Waals surface area (Å²) in [7, 11) is 0. The largest absolute Gasteiger partial charge is 0.334 e. The van der Waals surface area contributed by atoms with Gasteiger partial charge in [0.25, 0.3) is 5.91 Å². The lowest BCUT2D eigenvalue weighted by atomic mass is 9.98. The quantitative estimate of drug-likeness (QED) is 0.710. The third-order valence-electron chi connectivity index (χ3n) is 3.10. The van der Waals surface area contributed by atoms with E-state index in [1.165, 1.54) is 5.56 Å². The molecule has 0 radical (unpaired) electrons. The molecule has 1 aliphatic rings. The molecule has 1 amide bonds. The first kappa shape index (κ1) is 10.9. The highest BCUT2D eigenvalue weighted by Crippen LogP contribution is 2.19. The van der Waals surface area contributed by atoms with E-state index in [-0.39, 0.29) is 5.91 Å². The molecule has 1 aromatic carbocycles. The smallest absolute Gasteiger partial charge is 0.254 e. The summed E-state index contributed by atoms with van der Waals surface area (Å²) >= 11 is 0. The van der Waals surface area contributed by atoms with Crippen molar-refractivity contribution in [2.45, 2.75) is 19.8 Å². The van der Waals surface area contributed by atoms with Crippen LogP contribution < -0.4 is 0 Å². The highest BCUT2D eigenvalue weighted by molar-refractivity contribution is 5.96. The van der Waals surface area contributed by atoms with E-state index in [4.69, 9.17) is 0 Å². The zero-order valence-electron chi connectivity index (χ0n) is 9.70. The lowest BCUT2D eigenvalue weighted by Crippen LogP contribution is -2.38. The predicted octanol–water partition coefficient (Wildman–Crippen LogP) is 2.65. The molecule has 0 saturated carbocycles. The molecule has 1 aromatic rings. The summed E-state index contributed by atoms with van der Waals surface area (Å²) in [5, 5.41) is 0. The van der Waals surface area contributed by atoms with Crippen LogP contribution in [0.2, 0.25) is 0 Å². The Labute approximate surface area is 96.6 Å². The molecule has 0 unspecified atom stereocenters. The second-order valence-corrected chi connectivity index (χ2v) is 4.24. The Bertz CT molecular complexity index is 422. The van der Waals surface area contributed by atoms with Crippen LogP contribution in [0.15, 0.2) is 36.4 Å². The van der Waals surface area contributed by atoms with Gasteiger partial charge in [0.15, 0.2) is 0 Å². The van der Waals surface area contributed by atoms with Gasteiger partial charge in [0.2, 0.25) is 0 Å². The molecule has 1 aliphatic heterocycles. The van der Waals surface area contributed by atoms with Crippen molar-refractivity contribution >= 4 is 5.91 Å². The Morgan fingerprint density at radius 2 is 2.19 bits per heavy atom. The van der Waals surface area contributed by atoms with Crippen LogP contribution in [0, 0.1) is 0 Å². The van der Waals surface area contributed by atoms with Gasteiger partial charge in [-0.25, -0.2) is 0 Å². The molecule has 2 rings (SSSR count). The molecular formula is C14H17NO. The molecule has 16 heavy (non-hydrogen) atoms. The first-order valence-electron chi connectivity index (χ1n) is 5.76. The maximum Gasteiger partial charge on any atom is 0.254 e. The molecule has 0 aromatic heterocycles. The number of amides is 1. The topological polar surface area (TPSA) is 20.3 Å². The van der Waals surface area contributed by atoms with Crippen molar-refractivity contribution in [3.8, 4) is 0 Å². The molecule has 1 heterocycles. The van der Waals surface area contributed by atoms with Crippen molar-refractivity contribution in [3.05, 3.63) is 47.5 Å². The van der Waals surface area contributed by atoms with Crippen LogP contribution in [-0.4, -0.2) is 23.9 Å². The number of nitrogens with zero attached hydrogens (tertiary/aromatic N) is 1. The van der Waals surface area contributed by atoms with Crippen LogP contribution in [0.3, 0.4) is 0 Å². The average Bonchev–Trinajstić information content (AvgIpc) is 2.33. The van der Waals surface area contributed by atoms with Gasteiger partial charge < -0.3 is 4.90 Å². The minimum absolute atomic E-state index is 0.149. The number of hydrogen-bond donors (Lipinski definition) is 0. The van der Waals surface area contributed by atoms with Crippen LogP contribution in [0.4, 0.5) is 0 Å². The van der Waals surface area contributed by atoms with E-state index in [1.807, 2.05) is 29.2 Å². The minimum atomic E-state index is 0.149. The number of fused-ring (bicyclic) bond motifs is 1. The van der Waals surface area contributed by atoms with E-state index in [0.29, 0.717) is 6.54 Å². The van der Waals surface area contributed by atoms with Crippen LogP contribution in [0.5, 0.6) is 0 Å². The fraction of sp³-hybridized carbons (Fsp3) is 0.357. The Morgan fingerprint density at radius 1 is 1.44 bits per heavy atom. The van der Waals surface area contributed by atoms with Crippen molar-refractivity contribution in [3.63, 3.8) is 0 Å². The summed E-state index contributed by atoms with van der Waals surface area (Å²) in [4.78, 5) is 14.0. The SMILES string of the molecule is C=C(CC)CN1CCc2ccccc2C1=O. The number of carbonyl (C=O) groups is 1. The second-order valence-electron chi connectivity index (χ2n) is 4.24. The van der Waals surface area contributed by atoms with Gasteiger partial charge in [0.05, 0.1) is 0 Å². The third-order valence-corrected chi connectivity index (χ3v) is 3.10. The maximum absolute atomic E-state index is 12.2. The zero-order valence-corrected chi connectivity index (χ0v) is 9.70. The fourth-order valence-corrected chi connectivity index (χ4v) is 2.01. The van der Waals surface area contributed by atoms with Gasteiger partial charge in [-0.05, 0) is 24.5 Å². The lowest BCUT2D eigenvalue weighted by molar-refractivity contribution is 0.0754. The zero-order chi connectivity index (χ0) is 11.5. The number of hydrogen-bond acceptors (Lipinski definition) is 1. The molecule has 84 valence electrons. The van der Waals surface area contributed by atoms with Gasteiger partial charge in [-0.3, -0.25) is 4.79 Å². The van der Waals surface area contributed by atoms with Gasteiger partial charge in [-0.15, -0.1) is 0 Å². The molecule has 0 spiro atoms. The molecule has 0 fully saturated rings. The Balaban J connectivity index is 2.18. The number of rotatable bonds is 3. The van der Waals surface area contributed by atoms with E-state index >= 15 is 0 Å². The van der Waals surface area contributed by atoms with E-state index in [1.54, 1.807) is 0 Å². The van der Waals surface area contributed by atoms with Gasteiger partial charge in [-0.2, -0.15) is 0 Å². The Kier molecular flexibility index (Phi) is 3.09. The lowest BCUT2D eigenvalue weighted by Gasteiger charge is -2.29.